The number of benzene rings is 1. The van der Waals surface area contributed by atoms with Crippen molar-refractivity contribution >= 4 is 28.1 Å². The third-order valence-electron chi connectivity index (χ3n) is 2.69. The number of rotatable bonds is 5. The number of hydrogen-bond acceptors (Lipinski definition) is 3. The molecule has 0 aliphatic rings. The van der Waals surface area contributed by atoms with E-state index in [1.54, 1.807) is 17.9 Å². The molecule has 0 radical (unpaired) electrons. The van der Waals surface area contributed by atoms with Crippen LogP contribution in [0.15, 0.2) is 58.4 Å². The third kappa shape index (κ3) is 4.68. The molecule has 0 aliphatic carbocycles. The Balaban J connectivity index is 1.96. The molecule has 2 aromatic rings. The van der Waals surface area contributed by atoms with Crippen molar-refractivity contribution in [3.8, 4) is 5.75 Å². The molecule has 21 heavy (non-hydrogen) atoms. The average molecular weight is 349 g/mol. The van der Waals surface area contributed by atoms with Gasteiger partial charge in [0.2, 0.25) is 6.54 Å². The Bertz CT molecular complexity index is 645. The Labute approximate surface area is 131 Å². The number of methoxy groups -OCH3 is 1. The summed E-state index contributed by atoms with van der Waals surface area (Å²) >= 11 is 3.38. The standard InChI is InChI=1S/C15H14BrN3O2/c1-21-14-6-5-13(16)9-12(14)10-17-18-15(20)11-19-7-3-2-4-8-19/h2-10H,11H2,1H3/p+1/b17-10+. The number of amides is 1. The molecule has 1 aromatic carbocycles. The van der Waals surface area contributed by atoms with Gasteiger partial charge in [0.25, 0.3) is 0 Å². The van der Waals surface area contributed by atoms with Gasteiger partial charge in [-0.25, -0.2) is 5.43 Å². The number of nitrogens with one attached hydrogen (secondary N) is 1. The van der Waals surface area contributed by atoms with Crippen molar-refractivity contribution in [3.05, 3.63) is 58.8 Å². The number of aromatic nitrogens is 1. The van der Waals surface area contributed by atoms with Crippen LogP contribution in [-0.2, 0) is 11.3 Å². The van der Waals surface area contributed by atoms with Crippen molar-refractivity contribution in [2.45, 2.75) is 6.54 Å². The minimum atomic E-state index is -0.198. The Morgan fingerprint density at radius 2 is 2.14 bits per heavy atom. The lowest BCUT2D eigenvalue weighted by Crippen LogP contribution is -2.40. The van der Waals surface area contributed by atoms with E-state index in [9.17, 15) is 4.79 Å². The summed E-state index contributed by atoms with van der Waals surface area (Å²) in [5.41, 5.74) is 3.27. The highest BCUT2D eigenvalue weighted by atomic mass is 79.9. The SMILES string of the molecule is COc1ccc(Br)cc1/C=N/NC(=O)C[n+]1ccccc1. The van der Waals surface area contributed by atoms with Crippen LogP contribution in [0.1, 0.15) is 5.56 Å². The van der Waals surface area contributed by atoms with E-state index in [1.807, 2.05) is 48.8 Å². The van der Waals surface area contributed by atoms with Crippen LogP contribution in [0.25, 0.3) is 0 Å². The topological polar surface area (TPSA) is 54.6 Å². The Morgan fingerprint density at radius 3 is 2.86 bits per heavy atom. The molecule has 1 heterocycles. The smallest absolute Gasteiger partial charge is 0.305 e. The second kappa shape index (κ2) is 7.54. The predicted octanol–water partition coefficient (Wildman–Crippen LogP) is 1.90. The third-order valence-corrected chi connectivity index (χ3v) is 3.18. The highest BCUT2D eigenvalue weighted by molar-refractivity contribution is 9.10. The number of halogens is 1. The Hall–Kier alpha value is -2.21. The maximum absolute atomic E-state index is 11.7. The average Bonchev–Trinajstić information content (AvgIpc) is 2.48. The summed E-state index contributed by atoms with van der Waals surface area (Å²) in [6, 6.07) is 11.2. The first-order chi connectivity index (χ1) is 10.2. The Morgan fingerprint density at radius 1 is 1.38 bits per heavy atom. The largest absolute Gasteiger partial charge is 0.496 e. The van der Waals surface area contributed by atoms with Gasteiger partial charge in [-0.2, -0.15) is 9.67 Å². The first-order valence-corrected chi connectivity index (χ1v) is 7.08. The zero-order valence-corrected chi connectivity index (χ0v) is 13.1. The number of pyridine rings is 1. The lowest BCUT2D eigenvalue weighted by molar-refractivity contribution is -0.684. The van der Waals surface area contributed by atoms with Gasteiger partial charge in [0.15, 0.2) is 12.4 Å². The van der Waals surface area contributed by atoms with Crippen LogP contribution in [0.3, 0.4) is 0 Å². The molecule has 0 spiro atoms. The minimum absolute atomic E-state index is 0.198. The number of hydrazone groups is 1. The van der Waals surface area contributed by atoms with Gasteiger partial charge in [-0.1, -0.05) is 22.0 Å². The number of hydrogen-bond donors (Lipinski definition) is 1. The summed E-state index contributed by atoms with van der Waals surface area (Å²) in [7, 11) is 1.59. The summed E-state index contributed by atoms with van der Waals surface area (Å²) in [5.74, 6) is 0.491. The van der Waals surface area contributed by atoms with E-state index in [2.05, 4.69) is 26.5 Å². The molecule has 2 rings (SSSR count). The first-order valence-electron chi connectivity index (χ1n) is 6.28. The number of carbonyl (C=O) groups is 1. The Kier molecular flexibility index (Phi) is 5.45. The van der Waals surface area contributed by atoms with Crippen LogP contribution in [0.2, 0.25) is 0 Å². The highest BCUT2D eigenvalue weighted by Gasteiger charge is 2.07. The molecular formula is C15H15BrN3O2+. The van der Waals surface area contributed by atoms with Crippen molar-refractivity contribution in [1.82, 2.24) is 5.43 Å². The van der Waals surface area contributed by atoms with E-state index in [4.69, 9.17) is 4.74 Å². The predicted molar refractivity (Wildman–Crippen MR) is 83.1 cm³/mol. The maximum atomic E-state index is 11.7. The molecular weight excluding hydrogens is 334 g/mol. The molecule has 1 amide bonds. The van der Waals surface area contributed by atoms with Crippen LogP contribution in [0, 0.1) is 0 Å². The van der Waals surface area contributed by atoms with Crippen LogP contribution >= 0.6 is 15.9 Å². The van der Waals surface area contributed by atoms with Crippen molar-refractivity contribution in [2.75, 3.05) is 7.11 Å². The van der Waals surface area contributed by atoms with Crippen molar-refractivity contribution < 1.29 is 14.1 Å². The fourth-order valence-electron chi connectivity index (χ4n) is 1.72. The maximum Gasteiger partial charge on any atom is 0.305 e. The van der Waals surface area contributed by atoms with Gasteiger partial charge < -0.3 is 4.74 Å². The number of carbonyl (C=O) groups excluding carboxylic acids is 1. The lowest BCUT2D eigenvalue weighted by Gasteiger charge is -2.04. The monoisotopic (exact) mass is 348 g/mol. The zero-order valence-electron chi connectivity index (χ0n) is 11.5. The molecule has 0 saturated heterocycles. The van der Waals surface area contributed by atoms with Crippen LogP contribution in [0.5, 0.6) is 5.75 Å². The molecule has 0 aliphatic heterocycles. The van der Waals surface area contributed by atoms with Crippen LogP contribution < -0.4 is 14.7 Å². The first kappa shape index (κ1) is 15.2. The molecule has 0 bridgehead atoms. The second-order valence-corrected chi connectivity index (χ2v) is 5.14. The molecule has 108 valence electrons. The number of ether oxygens (including phenoxy) is 1. The number of nitrogens with zero attached hydrogens (tertiary/aromatic N) is 2. The molecule has 6 heteroatoms. The molecule has 0 unspecified atom stereocenters. The quantitative estimate of drug-likeness (QED) is 0.509. The van der Waals surface area contributed by atoms with Crippen molar-refractivity contribution in [2.24, 2.45) is 5.10 Å². The molecule has 1 aromatic heterocycles. The van der Waals surface area contributed by atoms with E-state index in [0.717, 1.165) is 10.0 Å². The molecule has 0 fully saturated rings. The summed E-state index contributed by atoms with van der Waals surface area (Å²) in [4.78, 5) is 11.7. The minimum Gasteiger partial charge on any atom is -0.496 e. The van der Waals surface area contributed by atoms with Gasteiger partial charge in [-0.15, -0.1) is 0 Å². The van der Waals surface area contributed by atoms with Crippen molar-refractivity contribution in [3.63, 3.8) is 0 Å². The van der Waals surface area contributed by atoms with E-state index in [-0.39, 0.29) is 12.5 Å². The van der Waals surface area contributed by atoms with Gasteiger partial charge in [0, 0.05) is 22.2 Å². The van der Waals surface area contributed by atoms with E-state index >= 15 is 0 Å². The van der Waals surface area contributed by atoms with Crippen molar-refractivity contribution in [1.29, 1.82) is 0 Å². The molecule has 5 nitrogen and oxygen atoms in total. The fraction of sp³-hybridized carbons (Fsp3) is 0.133. The van der Waals surface area contributed by atoms with E-state index in [1.165, 1.54) is 0 Å². The lowest BCUT2D eigenvalue weighted by atomic mass is 10.2. The van der Waals surface area contributed by atoms with Gasteiger partial charge in [0.1, 0.15) is 5.75 Å². The highest BCUT2D eigenvalue weighted by Crippen LogP contribution is 2.21. The van der Waals surface area contributed by atoms with E-state index in [0.29, 0.717) is 5.75 Å². The van der Waals surface area contributed by atoms with E-state index < -0.39 is 0 Å². The molecule has 0 atom stereocenters. The second-order valence-electron chi connectivity index (χ2n) is 4.23. The summed E-state index contributed by atoms with van der Waals surface area (Å²) in [5, 5.41) is 3.95. The van der Waals surface area contributed by atoms with Gasteiger partial charge in [-0.3, -0.25) is 4.79 Å². The van der Waals surface area contributed by atoms with Crippen LogP contribution in [-0.4, -0.2) is 19.2 Å². The summed E-state index contributed by atoms with van der Waals surface area (Å²) in [6.45, 7) is 0.216. The zero-order chi connectivity index (χ0) is 15.1. The summed E-state index contributed by atoms with van der Waals surface area (Å²) in [6.07, 6.45) is 5.19. The normalized spacial score (nSPS) is 10.6. The molecule has 1 N–H and O–H groups in total. The van der Waals surface area contributed by atoms with Gasteiger partial charge in [-0.05, 0) is 18.2 Å². The van der Waals surface area contributed by atoms with Crippen LogP contribution in [0.4, 0.5) is 0 Å². The van der Waals surface area contributed by atoms with Gasteiger partial charge in [0.05, 0.1) is 13.3 Å². The fourth-order valence-corrected chi connectivity index (χ4v) is 2.10. The van der Waals surface area contributed by atoms with Gasteiger partial charge >= 0.3 is 5.91 Å². The molecule has 0 saturated carbocycles. The summed E-state index contributed by atoms with van der Waals surface area (Å²) < 4.78 is 7.91.